The minimum atomic E-state index is -1.10. The van der Waals surface area contributed by atoms with Crippen molar-refractivity contribution in [2.75, 3.05) is 6.61 Å². The molecule has 0 unspecified atom stereocenters. The first-order valence-corrected chi connectivity index (χ1v) is 7.42. The van der Waals surface area contributed by atoms with Crippen molar-refractivity contribution in [3.05, 3.63) is 35.4 Å². The van der Waals surface area contributed by atoms with Gasteiger partial charge in [0.15, 0.2) is 0 Å². The number of hydrogen-bond donors (Lipinski definition) is 2. The molecule has 24 heavy (non-hydrogen) atoms. The summed E-state index contributed by atoms with van der Waals surface area (Å²) in [4.78, 5) is 35.0. The van der Waals surface area contributed by atoms with E-state index in [1.54, 1.807) is 13.8 Å². The van der Waals surface area contributed by atoms with Gasteiger partial charge in [0.25, 0.3) is 0 Å². The van der Waals surface area contributed by atoms with Gasteiger partial charge in [0, 0.05) is 6.07 Å². The lowest BCUT2D eigenvalue weighted by Gasteiger charge is -2.21. The Morgan fingerprint density at radius 2 is 1.79 bits per heavy atom. The fourth-order valence-electron chi connectivity index (χ4n) is 2.22. The van der Waals surface area contributed by atoms with E-state index in [1.807, 2.05) is 0 Å². The van der Waals surface area contributed by atoms with Crippen LogP contribution in [0.2, 0.25) is 0 Å². The molecule has 132 valence electrons. The number of hydrogen-bond acceptors (Lipinski definition) is 4. The van der Waals surface area contributed by atoms with Gasteiger partial charge in [-0.25, -0.2) is 8.78 Å². The highest BCUT2D eigenvalue weighted by atomic mass is 19.1. The molecule has 0 aliphatic carbocycles. The van der Waals surface area contributed by atoms with E-state index >= 15 is 0 Å². The number of carbonyl (C=O) groups excluding carboxylic acids is 3. The third-order valence-electron chi connectivity index (χ3n) is 3.27. The van der Waals surface area contributed by atoms with Crippen LogP contribution in [0.5, 0.6) is 0 Å². The van der Waals surface area contributed by atoms with Gasteiger partial charge in [-0.15, -0.1) is 0 Å². The van der Waals surface area contributed by atoms with Gasteiger partial charge in [0.1, 0.15) is 17.7 Å². The van der Waals surface area contributed by atoms with Crippen molar-refractivity contribution in [1.29, 1.82) is 0 Å². The topological polar surface area (TPSA) is 98.5 Å². The molecule has 2 amide bonds. The SMILES string of the molecule is CCOC(=O)C[C@@H](C)[C@@H](NC(=O)Cc1cc(F)cc(F)c1)C(N)=O. The molecule has 1 aromatic rings. The summed E-state index contributed by atoms with van der Waals surface area (Å²) in [6.45, 7) is 3.41. The molecule has 8 heteroatoms. The summed E-state index contributed by atoms with van der Waals surface area (Å²) >= 11 is 0. The van der Waals surface area contributed by atoms with E-state index in [4.69, 9.17) is 10.5 Å². The summed E-state index contributed by atoms with van der Waals surface area (Å²) in [6, 6.07) is 1.63. The van der Waals surface area contributed by atoms with Crippen LogP contribution < -0.4 is 11.1 Å². The van der Waals surface area contributed by atoms with Crippen LogP contribution >= 0.6 is 0 Å². The van der Waals surface area contributed by atoms with Crippen molar-refractivity contribution in [2.24, 2.45) is 11.7 Å². The second-order valence-corrected chi connectivity index (χ2v) is 5.39. The molecule has 0 radical (unpaired) electrons. The van der Waals surface area contributed by atoms with Gasteiger partial charge in [-0.05, 0) is 30.5 Å². The Morgan fingerprint density at radius 3 is 2.29 bits per heavy atom. The molecule has 0 spiro atoms. The minimum absolute atomic E-state index is 0.101. The Balaban J connectivity index is 2.71. The summed E-state index contributed by atoms with van der Waals surface area (Å²) in [5.74, 6) is -4.17. The van der Waals surface area contributed by atoms with E-state index in [0.717, 1.165) is 12.1 Å². The van der Waals surface area contributed by atoms with Crippen molar-refractivity contribution >= 4 is 17.8 Å². The van der Waals surface area contributed by atoms with Gasteiger partial charge >= 0.3 is 5.97 Å². The van der Waals surface area contributed by atoms with Crippen LogP contribution in [0.25, 0.3) is 0 Å². The van der Waals surface area contributed by atoms with Gasteiger partial charge in [0.2, 0.25) is 11.8 Å². The van der Waals surface area contributed by atoms with Crippen LogP contribution in [0, 0.1) is 17.6 Å². The Kier molecular flexibility index (Phi) is 7.29. The van der Waals surface area contributed by atoms with Crippen LogP contribution in [0.1, 0.15) is 25.8 Å². The van der Waals surface area contributed by atoms with Gasteiger partial charge < -0.3 is 15.8 Å². The number of benzene rings is 1. The fraction of sp³-hybridized carbons (Fsp3) is 0.438. The van der Waals surface area contributed by atoms with E-state index in [9.17, 15) is 23.2 Å². The van der Waals surface area contributed by atoms with Crippen LogP contribution in [-0.4, -0.2) is 30.4 Å². The summed E-state index contributed by atoms with van der Waals surface area (Å²) in [7, 11) is 0. The number of nitrogens with two attached hydrogens (primary N) is 1. The maximum atomic E-state index is 13.1. The second kappa shape index (κ2) is 8.95. The monoisotopic (exact) mass is 342 g/mol. The first-order valence-electron chi connectivity index (χ1n) is 7.42. The lowest BCUT2D eigenvalue weighted by Crippen LogP contribution is -2.49. The van der Waals surface area contributed by atoms with Crippen molar-refractivity contribution < 1.29 is 27.9 Å². The first kappa shape index (κ1) is 19.5. The van der Waals surface area contributed by atoms with Crippen LogP contribution in [0.4, 0.5) is 8.78 Å². The van der Waals surface area contributed by atoms with E-state index < -0.39 is 41.4 Å². The van der Waals surface area contributed by atoms with Gasteiger partial charge in [0.05, 0.1) is 19.4 Å². The largest absolute Gasteiger partial charge is 0.466 e. The Hall–Kier alpha value is -2.51. The first-order chi connectivity index (χ1) is 11.2. The summed E-state index contributed by atoms with van der Waals surface area (Å²) in [6.07, 6.45) is -0.430. The molecule has 6 nitrogen and oxygen atoms in total. The van der Waals surface area contributed by atoms with Crippen molar-refractivity contribution in [3.63, 3.8) is 0 Å². The molecule has 0 aromatic heterocycles. The Morgan fingerprint density at radius 1 is 1.21 bits per heavy atom. The third kappa shape index (κ3) is 6.31. The quantitative estimate of drug-likeness (QED) is 0.690. The average molecular weight is 342 g/mol. The molecule has 0 saturated carbocycles. The zero-order valence-corrected chi connectivity index (χ0v) is 13.5. The molecular weight excluding hydrogens is 322 g/mol. The van der Waals surface area contributed by atoms with Gasteiger partial charge in [-0.1, -0.05) is 6.92 Å². The predicted octanol–water partition coefficient (Wildman–Crippen LogP) is 1.07. The molecule has 0 aliphatic heterocycles. The number of rotatable bonds is 8. The van der Waals surface area contributed by atoms with Gasteiger partial charge in [-0.3, -0.25) is 14.4 Å². The maximum absolute atomic E-state index is 13.1. The molecule has 2 atom stereocenters. The lowest BCUT2D eigenvalue weighted by atomic mass is 9.97. The zero-order chi connectivity index (χ0) is 18.3. The highest BCUT2D eigenvalue weighted by molar-refractivity contribution is 5.88. The van der Waals surface area contributed by atoms with Crippen molar-refractivity contribution in [2.45, 2.75) is 32.7 Å². The molecule has 1 aromatic carbocycles. The Labute approximate surface area is 138 Å². The molecule has 3 N–H and O–H groups in total. The second-order valence-electron chi connectivity index (χ2n) is 5.39. The van der Waals surface area contributed by atoms with Crippen molar-refractivity contribution in [3.8, 4) is 0 Å². The molecule has 0 aliphatic rings. The number of amides is 2. The average Bonchev–Trinajstić information content (AvgIpc) is 2.43. The molecule has 0 bridgehead atoms. The van der Waals surface area contributed by atoms with E-state index in [2.05, 4.69) is 5.32 Å². The van der Waals surface area contributed by atoms with Gasteiger partial charge in [-0.2, -0.15) is 0 Å². The molecule has 0 fully saturated rings. The zero-order valence-electron chi connectivity index (χ0n) is 13.5. The number of esters is 1. The minimum Gasteiger partial charge on any atom is -0.466 e. The predicted molar refractivity (Wildman–Crippen MR) is 81.6 cm³/mol. The van der Waals surface area contributed by atoms with Crippen LogP contribution in [0.3, 0.4) is 0 Å². The summed E-state index contributed by atoms with van der Waals surface area (Å²) in [5, 5.41) is 2.38. The lowest BCUT2D eigenvalue weighted by molar-refractivity contribution is -0.144. The highest BCUT2D eigenvalue weighted by Crippen LogP contribution is 2.12. The van der Waals surface area contributed by atoms with Crippen molar-refractivity contribution in [1.82, 2.24) is 5.32 Å². The highest BCUT2D eigenvalue weighted by Gasteiger charge is 2.27. The maximum Gasteiger partial charge on any atom is 0.306 e. The number of halogens is 2. The molecule has 0 saturated heterocycles. The smallest absolute Gasteiger partial charge is 0.306 e. The van der Waals surface area contributed by atoms with E-state index in [-0.39, 0.29) is 25.0 Å². The number of ether oxygens (including phenoxy) is 1. The molecular formula is C16H20F2N2O4. The molecule has 1 rings (SSSR count). The van der Waals surface area contributed by atoms with Crippen LogP contribution in [0.15, 0.2) is 18.2 Å². The number of carbonyl (C=O) groups is 3. The normalized spacial score (nSPS) is 13.0. The fourth-order valence-corrected chi connectivity index (χ4v) is 2.22. The number of primary amides is 1. The van der Waals surface area contributed by atoms with Crippen LogP contribution in [-0.2, 0) is 25.5 Å². The standard InChI is InChI=1S/C16H20F2N2O4/c1-3-24-14(22)4-9(2)15(16(19)23)20-13(21)7-10-5-11(17)8-12(18)6-10/h5-6,8-9,15H,3-4,7H2,1-2H3,(H2,19,23)(H,20,21)/t9-,15-/m1/s1. The summed E-state index contributed by atoms with van der Waals surface area (Å²) in [5.41, 5.74) is 5.37. The number of nitrogens with one attached hydrogen (secondary N) is 1. The van der Waals surface area contributed by atoms with E-state index in [1.165, 1.54) is 0 Å². The Bertz CT molecular complexity index is 602. The summed E-state index contributed by atoms with van der Waals surface area (Å²) < 4.78 is 31.0. The third-order valence-corrected chi connectivity index (χ3v) is 3.27. The van der Waals surface area contributed by atoms with E-state index in [0.29, 0.717) is 6.07 Å². The molecule has 0 heterocycles.